The topological polar surface area (TPSA) is 33.3 Å². The molecule has 2 atom stereocenters. The Morgan fingerprint density at radius 1 is 1.00 bits per heavy atom. The lowest BCUT2D eigenvalue weighted by Gasteiger charge is -2.17. The molecule has 0 aliphatic rings. The highest BCUT2D eigenvalue weighted by Crippen LogP contribution is 2.13. The number of rotatable bonds is 8. The zero-order chi connectivity index (χ0) is 11.8. The van der Waals surface area contributed by atoms with Gasteiger partial charge in [0.15, 0.2) is 0 Å². The lowest BCUT2D eigenvalue weighted by atomic mass is 10.2. The average Bonchev–Trinajstić information content (AvgIpc) is 2.16. The molecule has 0 bridgehead atoms. The van der Waals surface area contributed by atoms with Gasteiger partial charge in [-0.25, -0.2) is 0 Å². The molecule has 0 saturated heterocycles. The number of hydrogen-bond donors (Lipinski definition) is 2. The Balaban J connectivity index is 3.81. The van der Waals surface area contributed by atoms with Crippen molar-refractivity contribution >= 4 is 0 Å². The molecule has 3 nitrogen and oxygen atoms in total. The average molecular weight is 212 g/mol. The SMILES string of the molecule is C=C(CC(C)NC)OC(=C)CC(C)NC. The summed E-state index contributed by atoms with van der Waals surface area (Å²) >= 11 is 0. The molecule has 0 saturated carbocycles. The predicted molar refractivity (Wildman–Crippen MR) is 65.6 cm³/mol. The van der Waals surface area contributed by atoms with Gasteiger partial charge in [-0.1, -0.05) is 13.2 Å². The van der Waals surface area contributed by atoms with Crippen LogP contribution in [0.4, 0.5) is 0 Å². The maximum atomic E-state index is 5.53. The van der Waals surface area contributed by atoms with Crippen molar-refractivity contribution in [2.75, 3.05) is 14.1 Å². The molecule has 0 radical (unpaired) electrons. The van der Waals surface area contributed by atoms with Gasteiger partial charge in [0.25, 0.3) is 0 Å². The normalized spacial score (nSPS) is 14.4. The van der Waals surface area contributed by atoms with Crippen molar-refractivity contribution < 1.29 is 4.74 Å². The Hall–Kier alpha value is -0.800. The van der Waals surface area contributed by atoms with Crippen molar-refractivity contribution in [3.63, 3.8) is 0 Å². The molecule has 0 aromatic carbocycles. The van der Waals surface area contributed by atoms with E-state index in [4.69, 9.17) is 4.74 Å². The van der Waals surface area contributed by atoms with Crippen LogP contribution in [0.15, 0.2) is 24.7 Å². The van der Waals surface area contributed by atoms with Crippen LogP contribution in [0.25, 0.3) is 0 Å². The largest absolute Gasteiger partial charge is 0.467 e. The van der Waals surface area contributed by atoms with Crippen molar-refractivity contribution in [2.24, 2.45) is 0 Å². The Morgan fingerprint density at radius 2 is 1.33 bits per heavy atom. The molecule has 0 aliphatic heterocycles. The first kappa shape index (κ1) is 14.2. The second kappa shape index (κ2) is 7.49. The van der Waals surface area contributed by atoms with Crippen LogP contribution in [0.3, 0.4) is 0 Å². The van der Waals surface area contributed by atoms with Crippen molar-refractivity contribution in [3.8, 4) is 0 Å². The fraction of sp³-hybridized carbons (Fsp3) is 0.667. The minimum absolute atomic E-state index is 0.382. The van der Waals surface area contributed by atoms with Crippen molar-refractivity contribution in [1.29, 1.82) is 0 Å². The highest BCUT2D eigenvalue weighted by Gasteiger charge is 2.07. The van der Waals surface area contributed by atoms with E-state index in [9.17, 15) is 0 Å². The first-order valence-electron chi connectivity index (χ1n) is 5.37. The van der Waals surface area contributed by atoms with Crippen LogP contribution in [0, 0.1) is 0 Å². The molecule has 0 aromatic rings. The zero-order valence-electron chi connectivity index (χ0n) is 10.4. The number of hydrogen-bond acceptors (Lipinski definition) is 3. The lowest BCUT2D eigenvalue weighted by Crippen LogP contribution is -2.23. The maximum Gasteiger partial charge on any atom is 0.0979 e. The third-order valence-electron chi connectivity index (χ3n) is 2.34. The third kappa shape index (κ3) is 7.17. The van der Waals surface area contributed by atoms with Crippen LogP contribution in [0.5, 0.6) is 0 Å². The van der Waals surface area contributed by atoms with E-state index in [0.717, 1.165) is 24.4 Å². The van der Waals surface area contributed by atoms with E-state index in [1.54, 1.807) is 0 Å². The maximum absolute atomic E-state index is 5.53. The summed E-state index contributed by atoms with van der Waals surface area (Å²) in [5, 5.41) is 6.28. The molecular weight excluding hydrogens is 188 g/mol. The van der Waals surface area contributed by atoms with Gasteiger partial charge < -0.3 is 15.4 Å². The van der Waals surface area contributed by atoms with E-state index in [-0.39, 0.29) is 0 Å². The molecule has 0 fully saturated rings. The molecule has 0 spiro atoms. The van der Waals surface area contributed by atoms with E-state index in [1.165, 1.54) is 0 Å². The van der Waals surface area contributed by atoms with Crippen LogP contribution in [0.2, 0.25) is 0 Å². The van der Waals surface area contributed by atoms with Gasteiger partial charge in [0.2, 0.25) is 0 Å². The minimum Gasteiger partial charge on any atom is -0.467 e. The second-order valence-corrected chi connectivity index (χ2v) is 3.97. The molecule has 88 valence electrons. The summed E-state index contributed by atoms with van der Waals surface area (Å²) in [5.41, 5.74) is 0. The standard InChI is InChI=1S/C12H24N2O/c1-9(13-5)7-11(3)15-12(4)8-10(2)14-6/h9-10,13-14H,3-4,7-8H2,1-2,5-6H3. The summed E-state index contributed by atoms with van der Waals surface area (Å²) in [7, 11) is 3.85. The van der Waals surface area contributed by atoms with Gasteiger partial charge in [0, 0.05) is 24.9 Å². The highest BCUT2D eigenvalue weighted by molar-refractivity contribution is 4.96. The second-order valence-electron chi connectivity index (χ2n) is 3.97. The van der Waals surface area contributed by atoms with Crippen molar-refractivity contribution in [3.05, 3.63) is 24.7 Å². The summed E-state index contributed by atoms with van der Waals surface area (Å²) in [6, 6.07) is 0.763. The fourth-order valence-corrected chi connectivity index (χ4v) is 1.17. The zero-order valence-corrected chi connectivity index (χ0v) is 10.4. The van der Waals surface area contributed by atoms with E-state index >= 15 is 0 Å². The summed E-state index contributed by atoms with van der Waals surface area (Å²) in [4.78, 5) is 0. The van der Waals surface area contributed by atoms with Gasteiger partial charge in [0.05, 0.1) is 11.5 Å². The fourth-order valence-electron chi connectivity index (χ4n) is 1.17. The molecule has 0 aliphatic carbocycles. The summed E-state index contributed by atoms with van der Waals surface area (Å²) < 4.78 is 5.53. The van der Waals surface area contributed by atoms with E-state index in [2.05, 4.69) is 37.6 Å². The van der Waals surface area contributed by atoms with Gasteiger partial charge in [-0.3, -0.25) is 0 Å². The summed E-state index contributed by atoms with van der Waals surface area (Å²) in [6.07, 6.45) is 1.62. The molecule has 0 aromatic heterocycles. The molecule has 0 heterocycles. The molecule has 3 heteroatoms. The van der Waals surface area contributed by atoms with E-state index < -0.39 is 0 Å². The molecule has 2 unspecified atom stereocenters. The van der Waals surface area contributed by atoms with E-state index in [0.29, 0.717) is 12.1 Å². The van der Waals surface area contributed by atoms with Crippen molar-refractivity contribution in [1.82, 2.24) is 10.6 Å². The van der Waals surface area contributed by atoms with Crippen LogP contribution in [-0.2, 0) is 4.74 Å². The Morgan fingerprint density at radius 3 is 1.60 bits per heavy atom. The van der Waals surface area contributed by atoms with Gasteiger partial charge >= 0.3 is 0 Å². The molecule has 0 rings (SSSR count). The van der Waals surface area contributed by atoms with Crippen LogP contribution in [0.1, 0.15) is 26.7 Å². The number of ether oxygens (including phenoxy) is 1. The van der Waals surface area contributed by atoms with E-state index in [1.807, 2.05) is 14.1 Å². The summed E-state index contributed by atoms with van der Waals surface area (Å²) in [5.74, 6) is 1.54. The third-order valence-corrected chi connectivity index (χ3v) is 2.34. The first-order chi connectivity index (χ1) is 6.99. The Bertz CT molecular complexity index is 192. The van der Waals surface area contributed by atoms with Gasteiger partial charge in [-0.2, -0.15) is 0 Å². The van der Waals surface area contributed by atoms with Crippen LogP contribution >= 0.6 is 0 Å². The molecule has 2 N–H and O–H groups in total. The molecule has 0 amide bonds. The minimum atomic E-state index is 0.382. The van der Waals surface area contributed by atoms with Crippen LogP contribution < -0.4 is 10.6 Å². The molecular formula is C12H24N2O. The van der Waals surface area contributed by atoms with Crippen LogP contribution in [-0.4, -0.2) is 26.2 Å². The Kier molecular flexibility index (Phi) is 7.09. The highest BCUT2D eigenvalue weighted by atomic mass is 16.5. The monoisotopic (exact) mass is 212 g/mol. The smallest absolute Gasteiger partial charge is 0.0979 e. The van der Waals surface area contributed by atoms with Crippen molar-refractivity contribution in [2.45, 2.75) is 38.8 Å². The van der Waals surface area contributed by atoms with Gasteiger partial charge in [-0.05, 0) is 27.9 Å². The lowest BCUT2D eigenvalue weighted by molar-refractivity contribution is 0.264. The summed E-state index contributed by atoms with van der Waals surface area (Å²) in [6.45, 7) is 11.9. The molecule has 15 heavy (non-hydrogen) atoms. The van der Waals surface area contributed by atoms with Gasteiger partial charge in [0.1, 0.15) is 0 Å². The number of nitrogens with one attached hydrogen (secondary N) is 2. The quantitative estimate of drug-likeness (QED) is 0.604. The predicted octanol–water partition coefficient (Wildman–Crippen LogP) is 2.03. The Labute approximate surface area is 93.6 Å². The van der Waals surface area contributed by atoms with Gasteiger partial charge in [-0.15, -0.1) is 0 Å². The first-order valence-corrected chi connectivity index (χ1v) is 5.37.